The lowest BCUT2D eigenvalue weighted by Gasteiger charge is -2.19. The highest BCUT2D eigenvalue weighted by atomic mass is 19.2. The van der Waals surface area contributed by atoms with Crippen LogP contribution < -0.4 is 16.2 Å². The second-order valence-electron chi connectivity index (χ2n) is 6.93. The Labute approximate surface area is 170 Å². The van der Waals surface area contributed by atoms with E-state index in [2.05, 4.69) is 15.7 Å². The highest BCUT2D eigenvalue weighted by Gasteiger charge is 2.26. The predicted molar refractivity (Wildman–Crippen MR) is 107 cm³/mol. The fourth-order valence-corrected chi connectivity index (χ4v) is 3.06. The van der Waals surface area contributed by atoms with Gasteiger partial charge < -0.3 is 10.6 Å². The molecule has 156 valence electrons. The van der Waals surface area contributed by atoms with Gasteiger partial charge in [0.05, 0.1) is 11.4 Å². The molecule has 0 radical (unpaired) electrons. The quantitative estimate of drug-likeness (QED) is 0.671. The van der Waals surface area contributed by atoms with Crippen molar-refractivity contribution in [3.8, 4) is 0 Å². The maximum Gasteiger partial charge on any atom is 0.274 e. The van der Waals surface area contributed by atoms with Gasteiger partial charge in [0.15, 0.2) is 17.3 Å². The minimum atomic E-state index is -1.29. The number of nitrogens with zero attached hydrogens (tertiary/aromatic N) is 2. The number of benzene rings is 2. The summed E-state index contributed by atoms with van der Waals surface area (Å²) in [7, 11) is 1.36. The number of rotatable bonds is 5. The minimum Gasteiger partial charge on any atom is -0.357 e. The Morgan fingerprint density at radius 3 is 2.30 bits per heavy atom. The Kier molecular flexibility index (Phi) is 5.91. The fourth-order valence-electron chi connectivity index (χ4n) is 3.06. The van der Waals surface area contributed by atoms with Crippen LogP contribution in [0.4, 0.5) is 8.78 Å². The van der Waals surface area contributed by atoms with Crippen molar-refractivity contribution in [2.45, 2.75) is 25.9 Å². The molecule has 7 nitrogen and oxygen atoms in total. The molecule has 3 aromatic rings. The van der Waals surface area contributed by atoms with Crippen LogP contribution in [0.25, 0.3) is 10.8 Å². The Hall–Kier alpha value is -3.62. The third-order valence-corrected chi connectivity index (χ3v) is 4.59. The number of carbonyl (C=O) groups is 2. The Bertz CT molecular complexity index is 1190. The van der Waals surface area contributed by atoms with E-state index in [-0.39, 0.29) is 22.9 Å². The van der Waals surface area contributed by atoms with Crippen molar-refractivity contribution < 1.29 is 18.4 Å². The second kappa shape index (κ2) is 8.40. The van der Waals surface area contributed by atoms with E-state index in [4.69, 9.17) is 0 Å². The summed E-state index contributed by atoms with van der Waals surface area (Å²) >= 11 is 0. The lowest BCUT2D eigenvalue weighted by atomic mass is 10.0. The van der Waals surface area contributed by atoms with Crippen LogP contribution in [-0.4, -0.2) is 28.6 Å². The van der Waals surface area contributed by atoms with Gasteiger partial charge in [-0.15, -0.1) is 0 Å². The fraction of sp³-hybridized carbons (Fsp3) is 0.238. The summed E-state index contributed by atoms with van der Waals surface area (Å²) in [6, 6.07) is 7.81. The largest absolute Gasteiger partial charge is 0.357 e. The van der Waals surface area contributed by atoms with E-state index in [1.807, 2.05) is 0 Å². The summed E-state index contributed by atoms with van der Waals surface area (Å²) < 4.78 is 28.2. The number of aromatic nitrogens is 2. The zero-order chi connectivity index (χ0) is 22.0. The Morgan fingerprint density at radius 1 is 1.03 bits per heavy atom. The highest BCUT2D eigenvalue weighted by Crippen LogP contribution is 2.19. The average molecular weight is 414 g/mol. The molecule has 1 aromatic heterocycles. The van der Waals surface area contributed by atoms with Crippen molar-refractivity contribution in [2.24, 2.45) is 0 Å². The average Bonchev–Trinajstić information content (AvgIpc) is 2.73. The number of nitrogens with one attached hydrogen (secondary N) is 2. The smallest absolute Gasteiger partial charge is 0.274 e. The molecule has 0 saturated heterocycles. The first-order chi connectivity index (χ1) is 14.2. The van der Waals surface area contributed by atoms with Crippen molar-refractivity contribution in [3.63, 3.8) is 0 Å². The second-order valence-corrected chi connectivity index (χ2v) is 6.93. The van der Waals surface area contributed by atoms with Gasteiger partial charge in [0.25, 0.3) is 11.5 Å². The van der Waals surface area contributed by atoms with Gasteiger partial charge in [-0.1, -0.05) is 24.3 Å². The van der Waals surface area contributed by atoms with Gasteiger partial charge in [-0.05, 0) is 37.6 Å². The van der Waals surface area contributed by atoms with Gasteiger partial charge in [-0.2, -0.15) is 5.10 Å². The van der Waals surface area contributed by atoms with E-state index in [9.17, 15) is 23.2 Å². The van der Waals surface area contributed by atoms with E-state index in [0.29, 0.717) is 10.8 Å². The van der Waals surface area contributed by atoms with Crippen LogP contribution in [0.5, 0.6) is 0 Å². The third-order valence-electron chi connectivity index (χ3n) is 4.59. The lowest BCUT2D eigenvalue weighted by molar-refractivity contribution is -0.122. The molecule has 0 aliphatic rings. The number of carbonyl (C=O) groups excluding carboxylic acids is 2. The zero-order valence-electron chi connectivity index (χ0n) is 16.6. The SMILES string of the molecule is CNC(=O)C(NC(=O)c1nn(C(C)C)c(=O)c2ccccc12)c1ccc(F)c(F)c1. The number of amides is 2. The molecule has 0 spiro atoms. The van der Waals surface area contributed by atoms with Crippen LogP contribution in [-0.2, 0) is 4.79 Å². The molecule has 9 heteroatoms. The van der Waals surface area contributed by atoms with Crippen LogP contribution in [0.3, 0.4) is 0 Å². The van der Waals surface area contributed by atoms with Crippen LogP contribution >= 0.6 is 0 Å². The maximum absolute atomic E-state index is 13.7. The minimum absolute atomic E-state index is 0.0584. The summed E-state index contributed by atoms with van der Waals surface area (Å²) in [5, 5.41) is 9.70. The van der Waals surface area contributed by atoms with Gasteiger partial charge in [-0.25, -0.2) is 13.5 Å². The van der Waals surface area contributed by atoms with Crippen molar-refractivity contribution in [3.05, 3.63) is 75.7 Å². The summed E-state index contributed by atoms with van der Waals surface area (Å²) in [5.74, 6) is -3.58. The summed E-state index contributed by atoms with van der Waals surface area (Å²) in [5.41, 5.74) is -0.348. The summed E-state index contributed by atoms with van der Waals surface area (Å²) in [6.45, 7) is 3.50. The molecular weight excluding hydrogens is 394 g/mol. The van der Waals surface area contributed by atoms with E-state index in [1.54, 1.807) is 38.1 Å². The van der Waals surface area contributed by atoms with Gasteiger partial charge in [0.2, 0.25) is 5.91 Å². The van der Waals surface area contributed by atoms with Crippen LogP contribution in [0.2, 0.25) is 0 Å². The lowest BCUT2D eigenvalue weighted by Crippen LogP contribution is -2.40. The highest BCUT2D eigenvalue weighted by molar-refractivity contribution is 6.06. The van der Waals surface area contributed by atoms with E-state index >= 15 is 0 Å². The number of likely N-dealkylation sites (N-methyl/N-ethyl adjacent to an activating group) is 1. The predicted octanol–water partition coefficient (Wildman–Crippen LogP) is 2.47. The maximum atomic E-state index is 13.7. The molecule has 1 heterocycles. The molecule has 1 unspecified atom stereocenters. The Balaban J connectivity index is 2.09. The standard InChI is InChI=1S/C21H20F2N4O3/c1-11(2)27-21(30)14-7-5-4-6-13(14)18(26-27)20(29)25-17(19(28)24-3)12-8-9-15(22)16(23)10-12/h4-11,17H,1-3H3,(H,24,28)(H,25,29). The molecule has 2 N–H and O–H groups in total. The third kappa shape index (κ3) is 3.91. The van der Waals surface area contributed by atoms with Crippen LogP contribution in [0.15, 0.2) is 47.3 Å². The van der Waals surface area contributed by atoms with E-state index in [0.717, 1.165) is 12.1 Å². The number of hydrogen-bond donors (Lipinski definition) is 2. The molecule has 0 aliphatic carbocycles. The number of halogens is 2. The van der Waals surface area contributed by atoms with Gasteiger partial charge in [0.1, 0.15) is 6.04 Å². The molecule has 0 fully saturated rings. The number of hydrogen-bond acceptors (Lipinski definition) is 4. The normalized spacial score (nSPS) is 12.1. The van der Waals surface area contributed by atoms with Crippen LogP contribution in [0.1, 0.15) is 42.0 Å². The van der Waals surface area contributed by atoms with Gasteiger partial charge in [0, 0.05) is 12.4 Å². The molecule has 0 aliphatic heterocycles. The van der Waals surface area contributed by atoms with Crippen molar-refractivity contribution in [1.29, 1.82) is 0 Å². The summed E-state index contributed by atoms with van der Waals surface area (Å²) in [6.07, 6.45) is 0. The first-order valence-electron chi connectivity index (χ1n) is 9.23. The molecule has 0 saturated carbocycles. The summed E-state index contributed by atoms with van der Waals surface area (Å²) in [4.78, 5) is 38.1. The molecule has 3 rings (SSSR count). The number of fused-ring (bicyclic) bond motifs is 1. The van der Waals surface area contributed by atoms with Gasteiger partial charge in [-0.3, -0.25) is 14.4 Å². The molecule has 2 aromatic carbocycles. The topological polar surface area (TPSA) is 93.1 Å². The van der Waals surface area contributed by atoms with Gasteiger partial charge >= 0.3 is 0 Å². The molecule has 30 heavy (non-hydrogen) atoms. The Morgan fingerprint density at radius 2 is 1.70 bits per heavy atom. The molecule has 0 bridgehead atoms. The first kappa shape index (κ1) is 21.1. The van der Waals surface area contributed by atoms with Crippen molar-refractivity contribution >= 4 is 22.6 Å². The van der Waals surface area contributed by atoms with Crippen molar-refractivity contribution in [1.82, 2.24) is 20.4 Å². The van der Waals surface area contributed by atoms with Crippen LogP contribution in [0, 0.1) is 11.6 Å². The van der Waals surface area contributed by atoms with Crippen molar-refractivity contribution in [2.75, 3.05) is 7.05 Å². The molecular formula is C21H20F2N4O3. The first-order valence-corrected chi connectivity index (χ1v) is 9.23. The zero-order valence-corrected chi connectivity index (χ0v) is 16.6. The monoisotopic (exact) mass is 414 g/mol. The van der Waals surface area contributed by atoms with E-state index < -0.39 is 29.5 Å². The molecule has 2 amide bonds. The molecule has 1 atom stereocenters. The van der Waals surface area contributed by atoms with E-state index in [1.165, 1.54) is 17.8 Å².